The Labute approximate surface area is 249 Å². The van der Waals surface area contributed by atoms with Gasteiger partial charge >= 0.3 is 0 Å². The van der Waals surface area contributed by atoms with E-state index < -0.39 is 6.85 Å². The minimum Gasteiger partial charge on any atom is -0.506 e. The Morgan fingerprint density at radius 3 is 2.51 bits per heavy atom. The number of nitrogens with zero attached hydrogens (tertiary/aromatic N) is 3. The van der Waals surface area contributed by atoms with Crippen molar-refractivity contribution in [1.82, 2.24) is 9.97 Å². The Kier molecular flexibility index (Phi) is 5.76. The van der Waals surface area contributed by atoms with Crippen LogP contribution in [-0.2, 0) is 31.9 Å². The number of aromatic nitrogens is 2. The maximum Gasteiger partial charge on any atom is 0.141 e. The van der Waals surface area contributed by atoms with Crippen molar-refractivity contribution in [2.24, 2.45) is 0 Å². The van der Waals surface area contributed by atoms with Crippen LogP contribution in [0.5, 0.6) is 5.75 Å². The van der Waals surface area contributed by atoms with Gasteiger partial charge in [-0.3, -0.25) is 4.98 Å². The predicted octanol–water partition coefficient (Wildman–Crippen LogP) is 8.52. The predicted molar refractivity (Wildman–Crippen MR) is 156 cm³/mol. The summed E-state index contributed by atoms with van der Waals surface area (Å²) in [7, 11) is 0. The zero-order valence-corrected chi connectivity index (χ0v) is 24.9. The third-order valence-corrected chi connectivity index (χ3v) is 7.53. The second-order valence-corrected chi connectivity index (χ2v) is 11.5. The van der Waals surface area contributed by atoms with Crippen molar-refractivity contribution in [1.29, 1.82) is 0 Å². The Balaban J connectivity index is 0.00000353. The molecule has 39 heavy (non-hydrogen) atoms. The number of benzene rings is 3. The second-order valence-electron chi connectivity index (χ2n) is 11.5. The molecule has 0 bridgehead atoms. The van der Waals surface area contributed by atoms with Crippen molar-refractivity contribution in [2.45, 2.75) is 52.3 Å². The molecule has 0 saturated heterocycles. The molecule has 0 radical (unpaired) electrons. The molecular weight excluding hydrogens is 661 g/mol. The van der Waals surface area contributed by atoms with E-state index >= 15 is 0 Å². The van der Waals surface area contributed by atoms with Gasteiger partial charge in [-0.25, -0.2) is 4.98 Å². The Morgan fingerprint density at radius 1 is 0.949 bits per heavy atom. The summed E-state index contributed by atoms with van der Waals surface area (Å²) in [6, 6.07) is 26.9. The number of pyridine rings is 2. The van der Waals surface area contributed by atoms with Gasteiger partial charge in [-0.1, -0.05) is 70.5 Å². The van der Waals surface area contributed by atoms with Gasteiger partial charge in [-0.2, -0.15) is 0 Å². The quantitative estimate of drug-likeness (QED) is 0.188. The number of aryl methyl sites for hydroxylation is 1. The average Bonchev–Trinajstić information content (AvgIpc) is 2.92. The van der Waals surface area contributed by atoms with E-state index in [1.165, 1.54) is 17.2 Å². The van der Waals surface area contributed by atoms with Gasteiger partial charge < -0.3 is 10.0 Å². The van der Waals surface area contributed by atoms with E-state index in [-0.39, 0.29) is 43.2 Å². The second kappa shape index (κ2) is 9.61. The van der Waals surface area contributed by atoms with Crippen LogP contribution in [-0.4, -0.2) is 15.1 Å². The molecule has 1 aliphatic rings. The molecule has 0 unspecified atom stereocenters. The molecular formula is C34H32N3OPt-. The molecule has 3 aromatic carbocycles. The first-order valence-electron chi connectivity index (χ1n) is 14.3. The van der Waals surface area contributed by atoms with Crippen LogP contribution in [0, 0.1) is 12.9 Å². The summed E-state index contributed by atoms with van der Waals surface area (Å²) in [5.41, 5.74) is 6.96. The van der Waals surface area contributed by atoms with Crippen molar-refractivity contribution in [3.8, 4) is 17.0 Å². The van der Waals surface area contributed by atoms with Gasteiger partial charge in [-0.05, 0) is 76.1 Å². The number of hydrogen-bond acceptors (Lipinski definition) is 4. The van der Waals surface area contributed by atoms with Crippen molar-refractivity contribution >= 4 is 28.1 Å². The van der Waals surface area contributed by atoms with E-state index in [1.54, 1.807) is 12.1 Å². The topological polar surface area (TPSA) is 49.3 Å². The summed E-state index contributed by atoms with van der Waals surface area (Å²) in [5, 5.41) is 11.3. The number of para-hydroxylation sites is 1. The smallest absolute Gasteiger partial charge is 0.141 e. The van der Waals surface area contributed by atoms with Crippen LogP contribution in [0.4, 0.5) is 17.2 Å². The standard InChI is InChI=1S/C34H32N3O.Pt/c1-21-17-23-12-14-27(36-32(23)30(38)18-21)22-11-13-26-29(19-22)37(28-10-8-7-9-25(28)34(26,5)6)31-20-24(15-16-35-31)33(2,3)4;/h7-18,20,38H,1-6H3;/q-1;/i1D3;. The van der Waals surface area contributed by atoms with Crippen LogP contribution in [0.15, 0.2) is 79.0 Å². The monoisotopic (exact) mass is 696 g/mol. The number of anilines is 3. The molecule has 6 rings (SSSR count). The van der Waals surface area contributed by atoms with E-state index in [9.17, 15) is 5.11 Å². The Hall–Kier alpha value is -3.49. The number of aromatic hydroxyl groups is 1. The van der Waals surface area contributed by atoms with Gasteiger partial charge in [0.25, 0.3) is 0 Å². The normalized spacial score (nSPS) is 15.4. The molecule has 0 spiro atoms. The molecule has 200 valence electrons. The SMILES string of the molecule is [2H]C([2H])([2H])c1cc(O)c2nc(-c3[c-]c4c(cc3)C(C)(C)c3ccccc3N4c3cc(C(C)(C)C)ccn3)ccc2c1.[Pt]. The molecule has 2 aromatic heterocycles. The largest absolute Gasteiger partial charge is 0.506 e. The minimum absolute atomic E-state index is 0. The first-order chi connectivity index (χ1) is 19.2. The Bertz CT molecular complexity index is 1830. The van der Waals surface area contributed by atoms with Gasteiger partial charge in [0.1, 0.15) is 17.1 Å². The summed E-state index contributed by atoms with van der Waals surface area (Å²) >= 11 is 0. The van der Waals surface area contributed by atoms with E-state index in [0.717, 1.165) is 28.3 Å². The fraction of sp³-hybridized carbons (Fsp3) is 0.235. The zero-order chi connectivity index (χ0) is 29.3. The summed E-state index contributed by atoms with van der Waals surface area (Å²) in [5.74, 6) is 0.657. The molecule has 5 heteroatoms. The number of fused-ring (bicyclic) bond motifs is 3. The van der Waals surface area contributed by atoms with E-state index in [1.807, 2.05) is 24.4 Å². The van der Waals surface area contributed by atoms with E-state index in [4.69, 9.17) is 14.1 Å². The van der Waals surface area contributed by atoms with Crippen LogP contribution in [0.3, 0.4) is 0 Å². The summed E-state index contributed by atoms with van der Waals surface area (Å²) in [6.07, 6.45) is 1.86. The van der Waals surface area contributed by atoms with Crippen LogP contribution in [0.25, 0.3) is 22.2 Å². The van der Waals surface area contributed by atoms with Crippen molar-refractivity contribution in [3.05, 3.63) is 107 Å². The molecule has 1 aliphatic heterocycles. The van der Waals surface area contributed by atoms with Gasteiger partial charge in [0, 0.05) is 42.4 Å². The third kappa shape index (κ3) is 4.55. The van der Waals surface area contributed by atoms with Crippen molar-refractivity contribution in [3.63, 3.8) is 0 Å². The van der Waals surface area contributed by atoms with Gasteiger partial charge in [0.15, 0.2) is 0 Å². The molecule has 0 saturated carbocycles. The first kappa shape index (κ1) is 23.4. The Morgan fingerprint density at radius 2 is 1.74 bits per heavy atom. The molecule has 0 fully saturated rings. The molecule has 1 N–H and O–H groups in total. The number of phenols is 1. The zero-order valence-electron chi connectivity index (χ0n) is 25.6. The maximum absolute atomic E-state index is 10.7. The molecule has 5 aromatic rings. The number of phenolic OH excluding ortho intramolecular Hbond substituents is 1. The molecule has 0 amide bonds. The number of rotatable bonds is 2. The fourth-order valence-electron chi connectivity index (χ4n) is 5.39. The van der Waals surface area contributed by atoms with Crippen LogP contribution in [0.2, 0.25) is 0 Å². The van der Waals surface area contributed by atoms with Gasteiger partial charge in [0.2, 0.25) is 0 Å². The summed E-state index contributed by atoms with van der Waals surface area (Å²) in [6.45, 7) is 8.71. The van der Waals surface area contributed by atoms with E-state index in [0.29, 0.717) is 16.6 Å². The van der Waals surface area contributed by atoms with Crippen molar-refractivity contribution < 1.29 is 30.3 Å². The van der Waals surface area contributed by atoms with E-state index in [2.05, 4.69) is 82.0 Å². The molecule has 3 heterocycles. The summed E-state index contributed by atoms with van der Waals surface area (Å²) in [4.78, 5) is 11.7. The van der Waals surface area contributed by atoms with Crippen LogP contribution >= 0.6 is 0 Å². The van der Waals surface area contributed by atoms with Gasteiger partial charge in [0.05, 0.1) is 0 Å². The molecule has 4 nitrogen and oxygen atoms in total. The van der Waals surface area contributed by atoms with Crippen LogP contribution in [0.1, 0.15) is 61.0 Å². The third-order valence-electron chi connectivity index (χ3n) is 7.53. The van der Waals surface area contributed by atoms with Crippen molar-refractivity contribution in [2.75, 3.05) is 4.90 Å². The number of hydrogen-bond donors (Lipinski definition) is 1. The molecule has 0 aliphatic carbocycles. The minimum atomic E-state index is -2.32. The van der Waals surface area contributed by atoms with Gasteiger partial charge in [-0.15, -0.1) is 23.8 Å². The average molecular weight is 697 g/mol. The van der Waals surface area contributed by atoms with Crippen LogP contribution < -0.4 is 4.90 Å². The first-order valence-corrected chi connectivity index (χ1v) is 12.8. The fourth-order valence-corrected chi connectivity index (χ4v) is 5.39. The molecule has 0 atom stereocenters. The maximum atomic E-state index is 10.7. The summed E-state index contributed by atoms with van der Waals surface area (Å²) < 4.78 is 23.2.